The fraction of sp³-hybridized carbons (Fsp3) is 0.255. The monoisotopic (exact) mass is 829 g/mol. The van der Waals surface area contributed by atoms with Crippen molar-refractivity contribution in [2.45, 2.75) is 77.3 Å². The SMILES string of the molecule is CC(O)c1nccn1C(CO[Si](c1ccccc1)(c1ccccc1)C(C)(C)C)c1cc(C#Cc2ccc(CO[Si](c3ccccc3)(c3ccccc3)C(C)(C)C)cc2)on1. The van der Waals surface area contributed by atoms with E-state index >= 15 is 0 Å². The van der Waals surface area contributed by atoms with Gasteiger partial charge in [-0.05, 0) is 61.4 Å². The molecule has 306 valence electrons. The molecule has 9 heteroatoms. The molecular weight excluding hydrogens is 775 g/mol. The van der Waals surface area contributed by atoms with Gasteiger partial charge in [-0.3, -0.25) is 0 Å². The molecular formula is C51H55N3O4Si2. The lowest BCUT2D eigenvalue weighted by atomic mass is 10.1. The largest absolute Gasteiger partial charge is 0.405 e. The third-order valence-electron chi connectivity index (χ3n) is 11.3. The second-order valence-corrected chi connectivity index (χ2v) is 26.0. The van der Waals surface area contributed by atoms with Crippen molar-refractivity contribution in [3.63, 3.8) is 0 Å². The first-order chi connectivity index (χ1) is 28.8. The lowest BCUT2D eigenvalue weighted by Crippen LogP contribution is -2.67. The van der Waals surface area contributed by atoms with Crippen LogP contribution in [-0.2, 0) is 15.5 Å². The number of benzene rings is 5. The topological polar surface area (TPSA) is 82.5 Å². The van der Waals surface area contributed by atoms with Crippen molar-refractivity contribution in [3.05, 3.63) is 192 Å². The van der Waals surface area contributed by atoms with E-state index in [4.69, 9.17) is 13.4 Å². The molecule has 2 atom stereocenters. The van der Waals surface area contributed by atoms with Crippen LogP contribution in [-0.4, -0.2) is 43.1 Å². The van der Waals surface area contributed by atoms with Gasteiger partial charge in [0.1, 0.15) is 23.7 Å². The van der Waals surface area contributed by atoms with Crippen molar-refractivity contribution in [3.8, 4) is 11.8 Å². The van der Waals surface area contributed by atoms with Crippen LogP contribution in [0.15, 0.2) is 169 Å². The minimum absolute atomic E-state index is 0.112. The Morgan fingerprint density at radius 3 is 1.57 bits per heavy atom. The van der Waals surface area contributed by atoms with Crippen LogP contribution in [0.1, 0.15) is 89.0 Å². The Bertz CT molecular complexity index is 2420. The molecule has 1 N–H and O–H groups in total. The highest BCUT2D eigenvalue weighted by molar-refractivity contribution is 7.00. The van der Waals surface area contributed by atoms with Crippen LogP contribution in [0.25, 0.3) is 0 Å². The quantitative estimate of drug-likeness (QED) is 0.0927. The lowest BCUT2D eigenvalue weighted by Gasteiger charge is -2.43. The molecule has 0 aliphatic heterocycles. The van der Waals surface area contributed by atoms with Gasteiger partial charge in [-0.1, -0.05) is 186 Å². The smallest absolute Gasteiger partial charge is 0.261 e. The van der Waals surface area contributed by atoms with E-state index in [9.17, 15) is 5.11 Å². The highest BCUT2D eigenvalue weighted by Crippen LogP contribution is 2.39. The molecule has 7 nitrogen and oxygen atoms in total. The van der Waals surface area contributed by atoms with Crippen LogP contribution in [0.3, 0.4) is 0 Å². The summed E-state index contributed by atoms with van der Waals surface area (Å²) in [5.41, 5.74) is 2.56. The van der Waals surface area contributed by atoms with Crippen molar-refractivity contribution >= 4 is 37.4 Å². The lowest BCUT2D eigenvalue weighted by molar-refractivity contribution is 0.174. The third kappa shape index (κ3) is 8.66. The number of aliphatic hydroxyl groups is 1. The van der Waals surface area contributed by atoms with E-state index in [1.807, 2.05) is 41.1 Å². The third-order valence-corrected chi connectivity index (χ3v) is 21.3. The van der Waals surface area contributed by atoms with E-state index in [1.165, 1.54) is 20.7 Å². The van der Waals surface area contributed by atoms with E-state index < -0.39 is 28.8 Å². The summed E-state index contributed by atoms with van der Waals surface area (Å²) in [6.07, 6.45) is 2.75. The molecule has 2 heterocycles. The maximum atomic E-state index is 10.8. The Morgan fingerprint density at radius 1 is 0.650 bits per heavy atom. The molecule has 60 heavy (non-hydrogen) atoms. The van der Waals surface area contributed by atoms with Gasteiger partial charge in [-0.25, -0.2) is 4.98 Å². The number of rotatable bonds is 13. The highest BCUT2D eigenvalue weighted by Gasteiger charge is 2.51. The Hall–Kier alpha value is -5.61. The summed E-state index contributed by atoms with van der Waals surface area (Å²) in [5.74, 6) is 7.41. The predicted octanol–water partition coefficient (Wildman–Crippen LogP) is 8.57. The van der Waals surface area contributed by atoms with Crippen molar-refractivity contribution in [2.75, 3.05) is 6.61 Å². The molecule has 0 spiro atoms. The van der Waals surface area contributed by atoms with Crippen LogP contribution in [0, 0.1) is 11.8 Å². The molecule has 0 amide bonds. The predicted molar refractivity (Wildman–Crippen MR) is 246 cm³/mol. The average molecular weight is 830 g/mol. The van der Waals surface area contributed by atoms with Crippen LogP contribution < -0.4 is 20.7 Å². The fourth-order valence-corrected chi connectivity index (χ4v) is 17.6. The Balaban J connectivity index is 1.15. The van der Waals surface area contributed by atoms with Gasteiger partial charge < -0.3 is 23.0 Å². The number of hydrogen-bond acceptors (Lipinski definition) is 6. The van der Waals surface area contributed by atoms with Crippen LogP contribution in [0.4, 0.5) is 0 Å². The van der Waals surface area contributed by atoms with Crippen molar-refractivity contribution in [1.82, 2.24) is 14.7 Å². The second-order valence-electron chi connectivity index (χ2n) is 17.4. The van der Waals surface area contributed by atoms with Gasteiger partial charge in [0.05, 0.1) is 13.2 Å². The minimum atomic E-state index is -2.91. The number of hydrogen-bond donors (Lipinski definition) is 1. The van der Waals surface area contributed by atoms with Gasteiger partial charge in [0.2, 0.25) is 5.76 Å². The van der Waals surface area contributed by atoms with Gasteiger partial charge in [0, 0.05) is 24.0 Å². The maximum Gasteiger partial charge on any atom is 0.261 e. The number of aliphatic hydroxyl groups excluding tert-OH is 1. The zero-order valence-corrected chi connectivity index (χ0v) is 37.7. The molecule has 2 aromatic heterocycles. The maximum absolute atomic E-state index is 10.8. The normalized spacial score (nSPS) is 13.3. The summed E-state index contributed by atoms with van der Waals surface area (Å²) in [4.78, 5) is 4.51. The standard InChI is InChI=1S/C51H55N3O4Si2/c1-39(55)49-52-34-35-54(49)48(38-57-60(51(5,6)7,45-24-16-10-17-25-45)46-26-18-11-19-27-46)47-36-42(58-53-47)33-32-40-28-30-41(31-29-40)37-56-59(50(2,3)4,43-20-12-8-13-21-43)44-22-14-9-15-23-44/h8-31,34-36,39,48,55H,37-38H2,1-7H3. The Kier molecular flexibility index (Phi) is 12.7. The van der Waals surface area contributed by atoms with Crippen LogP contribution in [0.2, 0.25) is 10.1 Å². The minimum Gasteiger partial charge on any atom is -0.405 e. The first kappa shape index (κ1) is 42.5. The molecule has 0 radical (unpaired) electrons. The van der Waals surface area contributed by atoms with Gasteiger partial charge in [-0.15, -0.1) is 0 Å². The molecule has 2 unspecified atom stereocenters. The van der Waals surface area contributed by atoms with Crippen molar-refractivity contribution in [1.29, 1.82) is 0 Å². The average Bonchev–Trinajstić information content (AvgIpc) is 3.94. The number of imidazole rings is 1. The van der Waals surface area contributed by atoms with E-state index in [2.05, 4.69) is 185 Å². The summed E-state index contributed by atoms with van der Waals surface area (Å²) < 4.78 is 22.3. The van der Waals surface area contributed by atoms with E-state index in [0.717, 1.165) is 11.1 Å². The summed E-state index contributed by atoms with van der Waals surface area (Å²) in [7, 11) is -5.59. The second kappa shape index (κ2) is 17.9. The molecule has 0 saturated heterocycles. The summed E-state index contributed by atoms with van der Waals surface area (Å²) in [6, 6.07) is 52.1. The Labute approximate surface area is 357 Å². The van der Waals surface area contributed by atoms with Gasteiger partial charge in [0.25, 0.3) is 16.6 Å². The summed E-state index contributed by atoms with van der Waals surface area (Å²) in [5, 5.41) is 19.8. The number of aromatic nitrogens is 3. The molecule has 0 fully saturated rings. The van der Waals surface area contributed by atoms with Gasteiger partial charge in [0.15, 0.2) is 0 Å². The zero-order valence-electron chi connectivity index (χ0n) is 35.7. The van der Waals surface area contributed by atoms with Crippen molar-refractivity contribution in [2.24, 2.45) is 0 Å². The van der Waals surface area contributed by atoms with E-state index in [1.54, 1.807) is 13.1 Å². The van der Waals surface area contributed by atoms with Crippen LogP contribution in [0.5, 0.6) is 0 Å². The first-order valence-electron chi connectivity index (χ1n) is 20.6. The fourth-order valence-electron chi connectivity index (χ4n) is 8.46. The van der Waals surface area contributed by atoms with Crippen LogP contribution >= 0.6 is 0 Å². The zero-order chi connectivity index (χ0) is 42.4. The molecule has 0 bridgehead atoms. The molecule has 0 aliphatic rings. The molecule has 0 saturated carbocycles. The molecule has 7 rings (SSSR count). The first-order valence-corrected chi connectivity index (χ1v) is 24.4. The van der Waals surface area contributed by atoms with E-state index in [0.29, 0.717) is 23.9 Å². The van der Waals surface area contributed by atoms with E-state index in [-0.39, 0.29) is 16.7 Å². The van der Waals surface area contributed by atoms with Gasteiger partial charge >= 0.3 is 0 Å². The van der Waals surface area contributed by atoms with Gasteiger partial charge in [-0.2, -0.15) is 0 Å². The highest BCUT2D eigenvalue weighted by atomic mass is 28.4. The summed E-state index contributed by atoms with van der Waals surface area (Å²) in [6.45, 7) is 16.1. The molecule has 7 aromatic rings. The number of nitrogens with zero attached hydrogens (tertiary/aromatic N) is 3. The molecule has 0 aliphatic carbocycles. The Morgan fingerprint density at radius 2 is 1.12 bits per heavy atom. The molecule has 5 aromatic carbocycles. The van der Waals surface area contributed by atoms with Crippen molar-refractivity contribution < 1.29 is 18.5 Å². The summed E-state index contributed by atoms with van der Waals surface area (Å²) >= 11 is 0.